The van der Waals surface area contributed by atoms with E-state index in [-0.39, 0.29) is 33.6 Å². The van der Waals surface area contributed by atoms with E-state index in [0.29, 0.717) is 23.4 Å². The van der Waals surface area contributed by atoms with Crippen molar-refractivity contribution in [2.24, 2.45) is 0 Å². The van der Waals surface area contributed by atoms with E-state index >= 15 is 0 Å². The first-order chi connectivity index (χ1) is 16.0. The maximum atomic E-state index is 13.5. The van der Waals surface area contributed by atoms with Crippen molar-refractivity contribution in [2.45, 2.75) is 13.1 Å². The van der Waals surface area contributed by atoms with Crippen molar-refractivity contribution in [2.75, 3.05) is 26.2 Å². The number of nitrogens with zero attached hydrogens (tertiary/aromatic N) is 2. The first-order valence-electron chi connectivity index (χ1n) is 10.8. The lowest BCUT2D eigenvalue weighted by atomic mass is 10.0. The average molecular weight is 448 g/mol. The van der Waals surface area contributed by atoms with Crippen LogP contribution in [0.5, 0.6) is 17.2 Å². The molecule has 0 spiro atoms. The lowest BCUT2D eigenvalue weighted by Crippen LogP contribution is -2.45. The van der Waals surface area contributed by atoms with Gasteiger partial charge in [0.1, 0.15) is 39.7 Å². The topological polar surface area (TPSA) is 111 Å². The molecule has 0 saturated carbocycles. The Bertz CT molecular complexity index is 1320. The van der Waals surface area contributed by atoms with Gasteiger partial charge in [0, 0.05) is 50.4 Å². The third-order valence-electron chi connectivity index (χ3n) is 5.99. The fraction of sp³-hybridized carbons (Fsp3) is 0.240. The van der Waals surface area contributed by atoms with Crippen molar-refractivity contribution in [3.63, 3.8) is 0 Å². The molecule has 8 nitrogen and oxygen atoms in total. The van der Waals surface area contributed by atoms with Crippen molar-refractivity contribution >= 4 is 11.0 Å². The minimum Gasteiger partial charge on any atom is -0.508 e. The molecule has 0 atom stereocenters. The van der Waals surface area contributed by atoms with E-state index in [9.17, 15) is 20.1 Å². The van der Waals surface area contributed by atoms with E-state index in [1.165, 1.54) is 18.2 Å². The van der Waals surface area contributed by atoms with Crippen LogP contribution in [0.1, 0.15) is 11.3 Å². The number of phenols is 3. The van der Waals surface area contributed by atoms with E-state index in [1.807, 2.05) is 12.1 Å². The lowest BCUT2D eigenvalue weighted by Gasteiger charge is -2.34. The molecule has 8 heteroatoms. The van der Waals surface area contributed by atoms with E-state index in [0.717, 1.165) is 44.6 Å². The molecule has 0 bridgehead atoms. The Morgan fingerprint density at radius 3 is 2.21 bits per heavy atom. The molecule has 0 radical (unpaired) electrons. The summed E-state index contributed by atoms with van der Waals surface area (Å²) in [5.74, 6) is 0.870. The summed E-state index contributed by atoms with van der Waals surface area (Å²) in [6, 6.07) is 12.7. The largest absolute Gasteiger partial charge is 0.508 e. The average Bonchev–Trinajstić information content (AvgIpc) is 3.30. The molecule has 3 N–H and O–H groups in total. The minimum atomic E-state index is -0.338. The summed E-state index contributed by atoms with van der Waals surface area (Å²) in [5.41, 5.74) is 0.817. The molecular formula is C25H24N2O6. The van der Waals surface area contributed by atoms with Crippen LogP contribution >= 0.6 is 0 Å². The predicted molar refractivity (Wildman–Crippen MR) is 122 cm³/mol. The number of hydrogen-bond acceptors (Lipinski definition) is 8. The number of hydrogen-bond donors (Lipinski definition) is 3. The summed E-state index contributed by atoms with van der Waals surface area (Å²) >= 11 is 0. The molecule has 1 saturated heterocycles. The zero-order chi connectivity index (χ0) is 22.9. The number of fused-ring (bicyclic) bond motifs is 1. The van der Waals surface area contributed by atoms with Gasteiger partial charge in [0.15, 0.2) is 0 Å². The molecule has 0 aliphatic carbocycles. The smallest absolute Gasteiger partial charge is 0.201 e. The maximum Gasteiger partial charge on any atom is 0.201 e. The molecule has 1 aliphatic rings. The molecule has 33 heavy (non-hydrogen) atoms. The molecule has 3 heterocycles. The SMILES string of the molecule is O=c1c(CN2CCN(Cc3ccco3)CC2)c(-c2ccc(O)cc2)oc2cc(O)cc(O)c12. The number of phenolic OH excluding ortho intramolecular Hbond substituents is 3. The van der Waals surface area contributed by atoms with Gasteiger partial charge in [-0.1, -0.05) is 0 Å². The van der Waals surface area contributed by atoms with E-state index in [2.05, 4.69) is 9.80 Å². The van der Waals surface area contributed by atoms with Gasteiger partial charge in [0.2, 0.25) is 5.43 Å². The zero-order valence-corrected chi connectivity index (χ0v) is 17.9. The monoisotopic (exact) mass is 448 g/mol. The second kappa shape index (κ2) is 8.65. The quantitative estimate of drug-likeness (QED) is 0.426. The molecule has 4 aromatic rings. The van der Waals surface area contributed by atoms with Gasteiger partial charge in [0.25, 0.3) is 0 Å². The van der Waals surface area contributed by atoms with Gasteiger partial charge in [0.05, 0.1) is 18.4 Å². The molecule has 2 aromatic heterocycles. The van der Waals surface area contributed by atoms with Crippen LogP contribution in [0, 0.1) is 0 Å². The van der Waals surface area contributed by atoms with Crippen molar-refractivity contribution in [1.29, 1.82) is 0 Å². The minimum absolute atomic E-state index is 0.0433. The highest BCUT2D eigenvalue weighted by Gasteiger charge is 2.24. The van der Waals surface area contributed by atoms with Crippen molar-refractivity contribution in [3.05, 3.63) is 76.3 Å². The van der Waals surface area contributed by atoms with E-state index < -0.39 is 0 Å². The number of rotatable bonds is 5. The Kier molecular flexibility index (Phi) is 5.53. The standard InChI is InChI=1S/C25H24N2O6/c28-17-5-3-16(4-6-17)25-20(24(31)23-21(30)12-18(29)13-22(23)33-25)15-27-9-7-26(8-10-27)14-19-2-1-11-32-19/h1-6,11-13,28-30H,7-10,14-15H2. The molecule has 1 aliphatic heterocycles. The third-order valence-corrected chi connectivity index (χ3v) is 5.99. The van der Waals surface area contributed by atoms with Crippen molar-refractivity contribution in [3.8, 4) is 28.6 Å². The number of furan rings is 1. The molecule has 0 unspecified atom stereocenters. The summed E-state index contributed by atoms with van der Waals surface area (Å²) in [6.07, 6.45) is 1.67. The Labute approximate surface area is 189 Å². The highest BCUT2D eigenvalue weighted by molar-refractivity contribution is 5.87. The van der Waals surface area contributed by atoms with Crippen molar-refractivity contribution < 1.29 is 24.2 Å². The summed E-state index contributed by atoms with van der Waals surface area (Å²) in [5, 5.41) is 29.9. The normalized spacial score (nSPS) is 15.3. The first kappa shape index (κ1) is 21.1. The first-order valence-corrected chi connectivity index (χ1v) is 10.8. The van der Waals surface area contributed by atoms with Crippen LogP contribution in [0.4, 0.5) is 0 Å². The Morgan fingerprint density at radius 1 is 0.848 bits per heavy atom. The third kappa shape index (κ3) is 4.30. The second-order valence-electron chi connectivity index (χ2n) is 8.26. The van der Waals surface area contributed by atoms with Gasteiger partial charge in [-0.2, -0.15) is 0 Å². The highest BCUT2D eigenvalue weighted by Crippen LogP contribution is 2.33. The van der Waals surface area contributed by atoms with Crippen LogP contribution in [-0.2, 0) is 13.1 Å². The van der Waals surface area contributed by atoms with Gasteiger partial charge in [-0.15, -0.1) is 0 Å². The van der Waals surface area contributed by atoms with E-state index in [1.54, 1.807) is 18.4 Å². The fourth-order valence-corrected chi connectivity index (χ4v) is 4.26. The van der Waals surface area contributed by atoms with Gasteiger partial charge < -0.3 is 24.2 Å². The summed E-state index contributed by atoms with van der Waals surface area (Å²) < 4.78 is 11.5. The lowest BCUT2D eigenvalue weighted by molar-refractivity contribution is 0.115. The molecule has 1 fully saturated rings. The van der Waals surface area contributed by atoms with Crippen molar-refractivity contribution in [1.82, 2.24) is 9.80 Å². The zero-order valence-electron chi connectivity index (χ0n) is 17.9. The predicted octanol–water partition coefficient (Wildman–Crippen LogP) is 3.49. The van der Waals surface area contributed by atoms with Crippen LogP contribution in [0.2, 0.25) is 0 Å². The Balaban J connectivity index is 1.47. The molecule has 170 valence electrons. The highest BCUT2D eigenvalue weighted by atomic mass is 16.3. The van der Waals surface area contributed by atoms with Crippen LogP contribution in [0.25, 0.3) is 22.3 Å². The summed E-state index contributed by atoms with van der Waals surface area (Å²) in [4.78, 5) is 17.9. The summed E-state index contributed by atoms with van der Waals surface area (Å²) in [6.45, 7) is 4.27. The Morgan fingerprint density at radius 2 is 1.55 bits per heavy atom. The number of aromatic hydroxyl groups is 3. The van der Waals surface area contributed by atoms with Gasteiger partial charge >= 0.3 is 0 Å². The molecular weight excluding hydrogens is 424 g/mol. The fourth-order valence-electron chi connectivity index (χ4n) is 4.26. The molecule has 5 rings (SSSR count). The Hall–Kier alpha value is -3.75. The van der Waals surface area contributed by atoms with Gasteiger partial charge in [-0.25, -0.2) is 0 Å². The maximum absolute atomic E-state index is 13.5. The number of benzene rings is 2. The van der Waals surface area contributed by atoms with Crippen LogP contribution in [0.3, 0.4) is 0 Å². The second-order valence-corrected chi connectivity index (χ2v) is 8.26. The van der Waals surface area contributed by atoms with E-state index in [4.69, 9.17) is 8.83 Å². The molecule has 2 aromatic carbocycles. The van der Waals surface area contributed by atoms with Crippen LogP contribution in [0.15, 0.2) is 68.4 Å². The van der Waals surface area contributed by atoms with Gasteiger partial charge in [-0.05, 0) is 36.4 Å². The number of piperazine rings is 1. The molecule has 0 amide bonds. The van der Waals surface area contributed by atoms with Gasteiger partial charge in [-0.3, -0.25) is 14.6 Å². The summed E-state index contributed by atoms with van der Waals surface area (Å²) in [7, 11) is 0. The van der Waals surface area contributed by atoms with Crippen LogP contribution in [-0.4, -0.2) is 51.3 Å². The van der Waals surface area contributed by atoms with Crippen LogP contribution < -0.4 is 5.43 Å².